The van der Waals surface area contributed by atoms with Crippen LogP contribution in [0.3, 0.4) is 0 Å². The fraction of sp³-hybridized carbons (Fsp3) is 0.389. The van der Waals surface area contributed by atoms with Crippen molar-refractivity contribution in [2.24, 2.45) is 11.8 Å². The van der Waals surface area contributed by atoms with E-state index in [-0.39, 0.29) is 17.4 Å². The predicted octanol–water partition coefficient (Wildman–Crippen LogP) is 3.50. The number of benzene rings is 1. The first-order valence-electron chi connectivity index (χ1n) is 8.04. The van der Waals surface area contributed by atoms with Gasteiger partial charge in [-0.3, -0.25) is 4.79 Å². The molecule has 0 aliphatic carbocycles. The molecule has 2 unspecified atom stereocenters. The number of hydrogen-bond acceptors (Lipinski definition) is 3. The molecule has 6 nitrogen and oxygen atoms in total. The monoisotopic (exact) mass is 329 g/mol. The lowest BCUT2D eigenvalue weighted by molar-refractivity contribution is -0.120. The van der Waals surface area contributed by atoms with Crippen LogP contribution in [0.15, 0.2) is 30.5 Å². The summed E-state index contributed by atoms with van der Waals surface area (Å²) in [7, 11) is 0. The Hall–Kier alpha value is -2.63. The molecule has 0 saturated heterocycles. The molecule has 2 atom stereocenters. The van der Waals surface area contributed by atoms with Gasteiger partial charge in [0.15, 0.2) is 0 Å². The molecule has 0 saturated carbocycles. The Morgan fingerprint density at radius 2 is 2.04 bits per heavy atom. The maximum atomic E-state index is 12.3. The molecular weight excluding hydrogens is 306 g/mol. The number of carboxylic acid groups (broad SMARTS) is 1. The number of anilines is 1. The minimum absolute atomic E-state index is 0.0232. The third kappa shape index (κ3) is 3.64. The molecule has 0 spiro atoms. The van der Waals surface area contributed by atoms with E-state index in [2.05, 4.69) is 24.3 Å². The van der Waals surface area contributed by atoms with E-state index in [1.54, 1.807) is 23.7 Å². The summed E-state index contributed by atoms with van der Waals surface area (Å²) >= 11 is 0. The van der Waals surface area contributed by atoms with Gasteiger partial charge < -0.3 is 10.4 Å². The fourth-order valence-corrected chi connectivity index (χ4v) is 2.46. The van der Waals surface area contributed by atoms with Gasteiger partial charge in [0.25, 0.3) is 0 Å². The van der Waals surface area contributed by atoms with Crippen molar-refractivity contribution in [3.63, 3.8) is 0 Å². The van der Waals surface area contributed by atoms with Crippen LogP contribution in [-0.2, 0) is 4.79 Å². The molecule has 2 aromatic rings. The number of nitrogens with one attached hydrogen (secondary N) is 1. The second kappa shape index (κ2) is 7.29. The Kier molecular flexibility index (Phi) is 5.39. The van der Waals surface area contributed by atoms with Crippen molar-refractivity contribution in [2.75, 3.05) is 5.32 Å². The number of amides is 1. The molecular formula is C18H23N3O3. The predicted molar refractivity (Wildman–Crippen MR) is 92.5 cm³/mol. The highest BCUT2D eigenvalue weighted by molar-refractivity contribution is 5.92. The molecule has 0 aliphatic heterocycles. The molecule has 0 aliphatic rings. The first-order valence-corrected chi connectivity index (χ1v) is 8.04. The summed E-state index contributed by atoms with van der Waals surface area (Å²) in [6.45, 7) is 7.74. The van der Waals surface area contributed by atoms with Crippen molar-refractivity contribution in [3.05, 3.63) is 41.7 Å². The van der Waals surface area contributed by atoms with E-state index < -0.39 is 5.97 Å². The lowest BCUT2D eigenvalue weighted by atomic mass is 9.93. The van der Waals surface area contributed by atoms with E-state index in [9.17, 15) is 9.59 Å². The fourth-order valence-electron chi connectivity index (χ4n) is 2.46. The van der Waals surface area contributed by atoms with Crippen molar-refractivity contribution in [3.8, 4) is 5.69 Å². The van der Waals surface area contributed by atoms with Crippen LogP contribution in [0.2, 0.25) is 0 Å². The van der Waals surface area contributed by atoms with Crippen LogP contribution in [0.5, 0.6) is 0 Å². The van der Waals surface area contributed by atoms with Gasteiger partial charge in [0.1, 0.15) is 5.56 Å². The molecule has 6 heteroatoms. The second-order valence-corrected chi connectivity index (χ2v) is 6.07. The lowest BCUT2D eigenvalue weighted by Crippen LogP contribution is -2.25. The van der Waals surface area contributed by atoms with E-state index in [0.717, 1.165) is 6.42 Å². The van der Waals surface area contributed by atoms with Crippen LogP contribution in [0.4, 0.5) is 5.69 Å². The summed E-state index contributed by atoms with van der Waals surface area (Å²) in [5.41, 5.74) is 2.07. The van der Waals surface area contributed by atoms with E-state index in [1.165, 1.54) is 6.20 Å². The highest BCUT2D eigenvalue weighted by Crippen LogP contribution is 2.20. The summed E-state index contributed by atoms with van der Waals surface area (Å²) in [6, 6.07) is 7.22. The zero-order chi connectivity index (χ0) is 17.9. The Bertz CT molecular complexity index is 752. The van der Waals surface area contributed by atoms with Gasteiger partial charge >= 0.3 is 5.97 Å². The number of rotatable bonds is 6. The van der Waals surface area contributed by atoms with Gasteiger partial charge in [0.2, 0.25) is 5.91 Å². The average molecular weight is 329 g/mol. The Morgan fingerprint density at radius 3 is 2.62 bits per heavy atom. The van der Waals surface area contributed by atoms with Crippen LogP contribution >= 0.6 is 0 Å². The molecule has 24 heavy (non-hydrogen) atoms. The van der Waals surface area contributed by atoms with E-state index in [0.29, 0.717) is 23.0 Å². The van der Waals surface area contributed by atoms with Crippen LogP contribution in [-0.4, -0.2) is 26.8 Å². The van der Waals surface area contributed by atoms with E-state index in [4.69, 9.17) is 5.11 Å². The zero-order valence-corrected chi connectivity index (χ0v) is 14.4. The van der Waals surface area contributed by atoms with Gasteiger partial charge in [-0.05, 0) is 31.0 Å². The molecule has 1 heterocycles. The van der Waals surface area contributed by atoms with Crippen molar-refractivity contribution >= 4 is 17.6 Å². The third-order valence-electron chi connectivity index (χ3n) is 4.51. The smallest absolute Gasteiger partial charge is 0.339 e. The largest absolute Gasteiger partial charge is 0.478 e. The molecule has 2 rings (SSSR count). The van der Waals surface area contributed by atoms with Crippen LogP contribution in [0.25, 0.3) is 5.69 Å². The van der Waals surface area contributed by atoms with Crippen molar-refractivity contribution < 1.29 is 14.7 Å². The Balaban J connectivity index is 2.24. The number of carbonyl (C=O) groups excluding carboxylic acids is 1. The summed E-state index contributed by atoms with van der Waals surface area (Å²) in [5.74, 6) is -0.807. The molecule has 2 N–H and O–H groups in total. The quantitative estimate of drug-likeness (QED) is 0.849. The zero-order valence-electron chi connectivity index (χ0n) is 14.4. The number of nitrogens with zero attached hydrogens (tertiary/aromatic N) is 2. The van der Waals surface area contributed by atoms with Gasteiger partial charge in [-0.15, -0.1) is 0 Å². The number of aromatic nitrogens is 2. The van der Waals surface area contributed by atoms with Crippen molar-refractivity contribution in [1.29, 1.82) is 0 Å². The minimum atomic E-state index is -1.01. The van der Waals surface area contributed by atoms with Gasteiger partial charge in [-0.2, -0.15) is 5.10 Å². The first-order chi connectivity index (χ1) is 11.3. The molecule has 1 aromatic heterocycles. The number of carbonyl (C=O) groups is 2. The molecule has 0 radical (unpaired) electrons. The van der Waals surface area contributed by atoms with Crippen LogP contribution in [0.1, 0.15) is 43.2 Å². The number of carboxylic acids is 1. The standard InChI is InChI=1S/C18H23N3O3/c1-5-11(2)12(3)17(22)20-14-7-6-8-15(9-14)21-13(4)16(10-19-21)18(23)24/h6-12H,5H2,1-4H3,(H,20,22)(H,23,24). The van der Waals surface area contributed by atoms with Gasteiger partial charge in [-0.1, -0.05) is 33.3 Å². The molecule has 0 bridgehead atoms. The minimum Gasteiger partial charge on any atom is -0.478 e. The molecule has 0 fully saturated rings. The van der Waals surface area contributed by atoms with E-state index in [1.807, 2.05) is 19.1 Å². The Morgan fingerprint density at radius 1 is 1.33 bits per heavy atom. The maximum Gasteiger partial charge on any atom is 0.339 e. The summed E-state index contributed by atoms with van der Waals surface area (Å²) in [4.78, 5) is 23.4. The van der Waals surface area contributed by atoms with Gasteiger partial charge in [0.05, 0.1) is 17.6 Å². The summed E-state index contributed by atoms with van der Waals surface area (Å²) in [5, 5.41) is 16.2. The average Bonchev–Trinajstić information content (AvgIpc) is 2.95. The normalized spacial score (nSPS) is 13.3. The van der Waals surface area contributed by atoms with Crippen molar-refractivity contribution in [2.45, 2.75) is 34.1 Å². The SMILES string of the molecule is CCC(C)C(C)C(=O)Nc1cccc(-n2ncc(C(=O)O)c2C)c1. The molecule has 1 aromatic carbocycles. The highest BCUT2D eigenvalue weighted by Gasteiger charge is 2.19. The number of hydrogen-bond donors (Lipinski definition) is 2. The van der Waals surface area contributed by atoms with Crippen molar-refractivity contribution in [1.82, 2.24) is 9.78 Å². The summed E-state index contributed by atoms with van der Waals surface area (Å²) in [6.07, 6.45) is 2.27. The first kappa shape index (κ1) is 17.7. The number of aromatic carboxylic acids is 1. The second-order valence-electron chi connectivity index (χ2n) is 6.07. The van der Waals surface area contributed by atoms with Gasteiger partial charge in [0, 0.05) is 11.6 Å². The lowest BCUT2D eigenvalue weighted by Gasteiger charge is -2.18. The summed E-state index contributed by atoms with van der Waals surface area (Å²) < 4.78 is 1.55. The van der Waals surface area contributed by atoms with Crippen LogP contribution in [0, 0.1) is 18.8 Å². The molecule has 1 amide bonds. The van der Waals surface area contributed by atoms with Gasteiger partial charge in [-0.25, -0.2) is 9.48 Å². The van der Waals surface area contributed by atoms with Crippen LogP contribution < -0.4 is 5.32 Å². The highest BCUT2D eigenvalue weighted by atomic mass is 16.4. The molecule has 128 valence electrons. The third-order valence-corrected chi connectivity index (χ3v) is 4.51. The topological polar surface area (TPSA) is 84.2 Å². The Labute approximate surface area is 141 Å². The van der Waals surface area contributed by atoms with E-state index >= 15 is 0 Å². The maximum absolute atomic E-state index is 12.3.